The van der Waals surface area contributed by atoms with E-state index in [0.717, 1.165) is 11.0 Å². The van der Waals surface area contributed by atoms with E-state index in [2.05, 4.69) is 51.4 Å². The van der Waals surface area contributed by atoms with Crippen molar-refractivity contribution in [1.82, 2.24) is 4.48 Å². The van der Waals surface area contributed by atoms with Crippen LogP contribution in [0.5, 0.6) is 0 Å². The monoisotopic (exact) mass is 167 g/mol. The first-order valence-electron chi connectivity index (χ1n) is 4.05. The van der Waals surface area contributed by atoms with Crippen LogP contribution >= 0.6 is 0 Å². The molecule has 0 saturated heterocycles. The fourth-order valence-corrected chi connectivity index (χ4v) is 1.01. The van der Waals surface area contributed by atoms with Crippen molar-refractivity contribution in [2.24, 2.45) is 0 Å². The molecule has 0 spiro atoms. The van der Waals surface area contributed by atoms with Crippen LogP contribution < -0.4 is 4.48 Å². The topological polar surface area (TPSA) is 30.0 Å². The summed E-state index contributed by atoms with van der Waals surface area (Å²) >= 11 is 0. The Bertz CT molecular complexity index is 219. The van der Waals surface area contributed by atoms with Gasteiger partial charge < -0.3 is 5.48 Å². The van der Waals surface area contributed by atoms with Crippen molar-refractivity contribution in [2.75, 3.05) is 20.6 Å². The van der Waals surface area contributed by atoms with Crippen LogP contribution in [-0.2, 0) is 0 Å². The largest absolute Gasteiger partial charge is 0.870 e. The van der Waals surface area contributed by atoms with Crippen LogP contribution in [0.3, 0.4) is 0 Å². The summed E-state index contributed by atoms with van der Waals surface area (Å²) in [6, 6.07) is 10.6. The van der Waals surface area contributed by atoms with Crippen LogP contribution in [0.1, 0.15) is 6.92 Å². The lowest BCUT2D eigenvalue weighted by atomic mass is 10.2. The van der Waals surface area contributed by atoms with Gasteiger partial charge in [0, 0.05) is 0 Å². The summed E-state index contributed by atoms with van der Waals surface area (Å²) in [5.41, 5.74) is 1.37. The van der Waals surface area contributed by atoms with E-state index in [1.165, 1.54) is 5.69 Å². The summed E-state index contributed by atoms with van der Waals surface area (Å²) in [7, 11) is 4.44. The Kier molecular flexibility index (Phi) is 3.93. The van der Waals surface area contributed by atoms with Gasteiger partial charge in [0.15, 0.2) is 0 Å². The lowest BCUT2D eigenvalue weighted by molar-refractivity contribution is 0.421. The zero-order valence-electron chi connectivity index (χ0n) is 7.99. The number of hydrogen-bond donors (Lipinski definition) is 0. The summed E-state index contributed by atoms with van der Waals surface area (Å²) in [5.74, 6) is 0. The third-order valence-electron chi connectivity index (χ3n) is 2.25. The predicted molar refractivity (Wildman–Crippen MR) is 52.6 cm³/mol. The Morgan fingerprint density at radius 3 is 2.00 bits per heavy atom. The third-order valence-corrected chi connectivity index (χ3v) is 2.25. The molecule has 0 radical (unpaired) electrons. The molecule has 0 aliphatic heterocycles. The van der Waals surface area contributed by atoms with Gasteiger partial charge in [-0.3, -0.25) is 4.48 Å². The van der Waals surface area contributed by atoms with E-state index in [1.807, 2.05) is 0 Å². The van der Waals surface area contributed by atoms with E-state index in [4.69, 9.17) is 0 Å². The van der Waals surface area contributed by atoms with Crippen LogP contribution in [0.4, 0.5) is 5.69 Å². The maximum atomic E-state index is 2.22. The second-order valence-electron chi connectivity index (χ2n) is 3.34. The zero-order valence-corrected chi connectivity index (χ0v) is 7.99. The Labute approximate surface area is 74.3 Å². The molecule has 0 bridgehead atoms. The van der Waals surface area contributed by atoms with Gasteiger partial charge in [-0.25, -0.2) is 0 Å². The molecule has 0 aliphatic carbocycles. The molecule has 0 heterocycles. The van der Waals surface area contributed by atoms with Crippen molar-refractivity contribution < 1.29 is 5.48 Å². The summed E-state index contributed by atoms with van der Waals surface area (Å²) in [4.78, 5) is 0. The third kappa shape index (κ3) is 2.32. The van der Waals surface area contributed by atoms with Gasteiger partial charge in [0.2, 0.25) is 0 Å². The second kappa shape index (κ2) is 4.24. The highest BCUT2D eigenvalue weighted by atomic mass is 16.0. The molecule has 0 aromatic heterocycles. The van der Waals surface area contributed by atoms with Crippen LogP contribution in [0, 0.1) is 0 Å². The molecule has 0 atom stereocenters. The normalized spacial score (nSPS) is 10.6. The first-order valence-corrected chi connectivity index (χ1v) is 4.05. The van der Waals surface area contributed by atoms with Crippen molar-refractivity contribution in [3.8, 4) is 0 Å². The van der Waals surface area contributed by atoms with Gasteiger partial charge in [-0.05, 0) is 19.1 Å². The highest BCUT2D eigenvalue weighted by Crippen LogP contribution is 2.16. The van der Waals surface area contributed by atoms with Crippen molar-refractivity contribution in [3.63, 3.8) is 0 Å². The van der Waals surface area contributed by atoms with Gasteiger partial charge in [0.25, 0.3) is 0 Å². The molecule has 12 heavy (non-hydrogen) atoms. The van der Waals surface area contributed by atoms with Gasteiger partial charge in [0.1, 0.15) is 5.69 Å². The highest BCUT2D eigenvalue weighted by Gasteiger charge is 2.13. The average Bonchev–Trinajstić information content (AvgIpc) is 2.06. The molecule has 1 rings (SSSR count). The van der Waals surface area contributed by atoms with Gasteiger partial charge >= 0.3 is 0 Å². The molecule has 2 heteroatoms. The maximum absolute atomic E-state index is 2.22. The number of hydrogen-bond acceptors (Lipinski definition) is 1. The van der Waals surface area contributed by atoms with Crippen molar-refractivity contribution in [2.45, 2.75) is 6.92 Å². The molecule has 0 saturated carbocycles. The van der Waals surface area contributed by atoms with Crippen LogP contribution in [-0.4, -0.2) is 26.1 Å². The van der Waals surface area contributed by atoms with E-state index in [1.54, 1.807) is 0 Å². The Morgan fingerprint density at radius 1 is 1.08 bits per heavy atom. The van der Waals surface area contributed by atoms with Crippen LogP contribution in [0.25, 0.3) is 0 Å². The minimum Gasteiger partial charge on any atom is -0.870 e. The molecular formula is C10H17NO. The number of nitrogens with zero attached hydrogens (tertiary/aromatic N) is 1. The van der Waals surface area contributed by atoms with E-state index in [9.17, 15) is 0 Å². The van der Waals surface area contributed by atoms with E-state index in [-0.39, 0.29) is 5.48 Å². The molecule has 0 aliphatic rings. The summed E-state index contributed by atoms with van der Waals surface area (Å²) in [6.45, 7) is 3.33. The lowest BCUT2D eigenvalue weighted by Gasteiger charge is -2.27. The standard InChI is InChI=1S/C10H16N.H2O/c1-4-11(2,3)10-8-6-5-7-9-10;/h5-9H,4H2,1-3H3;1H2/q+1;/p-1. The molecule has 2 nitrogen and oxygen atoms in total. The number of rotatable bonds is 2. The first kappa shape index (κ1) is 11.1. The molecule has 0 unspecified atom stereocenters. The smallest absolute Gasteiger partial charge is 0.132 e. The number of para-hydroxylation sites is 1. The average molecular weight is 167 g/mol. The van der Waals surface area contributed by atoms with E-state index in [0.29, 0.717) is 0 Å². The summed E-state index contributed by atoms with van der Waals surface area (Å²) < 4.78 is 0.959. The molecule has 0 fully saturated rings. The summed E-state index contributed by atoms with van der Waals surface area (Å²) in [6.07, 6.45) is 0. The quantitative estimate of drug-likeness (QED) is 0.620. The molecule has 1 aromatic rings. The first-order chi connectivity index (χ1) is 5.17. The van der Waals surface area contributed by atoms with Crippen LogP contribution in [0.15, 0.2) is 30.3 Å². The Hall–Kier alpha value is -0.860. The maximum Gasteiger partial charge on any atom is 0.132 e. The Balaban J connectivity index is 0.00000121. The van der Waals surface area contributed by atoms with Gasteiger partial charge in [-0.1, -0.05) is 18.2 Å². The highest BCUT2D eigenvalue weighted by molar-refractivity contribution is 5.40. The summed E-state index contributed by atoms with van der Waals surface area (Å²) in [5, 5.41) is 0. The number of quaternary nitrogens is 1. The van der Waals surface area contributed by atoms with Gasteiger partial charge in [-0.2, -0.15) is 0 Å². The SMILES string of the molecule is CC[N+](C)(C)c1ccccc1.[OH-]. The van der Waals surface area contributed by atoms with Crippen molar-refractivity contribution >= 4 is 5.69 Å². The molecular weight excluding hydrogens is 150 g/mol. The molecule has 68 valence electrons. The molecule has 1 aromatic carbocycles. The fourth-order valence-electron chi connectivity index (χ4n) is 1.01. The van der Waals surface area contributed by atoms with Gasteiger partial charge in [0.05, 0.1) is 20.6 Å². The van der Waals surface area contributed by atoms with E-state index < -0.39 is 0 Å². The Morgan fingerprint density at radius 2 is 1.58 bits per heavy atom. The van der Waals surface area contributed by atoms with Crippen molar-refractivity contribution in [3.05, 3.63) is 30.3 Å². The number of benzene rings is 1. The van der Waals surface area contributed by atoms with E-state index >= 15 is 0 Å². The van der Waals surface area contributed by atoms with Crippen molar-refractivity contribution in [1.29, 1.82) is 0 Å². The fraction of sp³-hybridized carbons (Fsp3) is 0.400. The lowest BCUT2D eigenvalue weighted by Crippen LogP contribution is -2.39. The van der Waals surface area contributed by atoms with Crippen LogP contribution in [0.2, 0.25) is 0 Å². The second-order valence-corrected chi connectivity index (χ2v) is 3.34. The minimum absolute atomic E-state index is 0. The van der Waals surface area contributed by atoms with Gasteiger partial charge in [-0.15, -0.1) is 0 Å². The predicted octanol–water partition coefficient (Wildman–Crippen LogP) is 2.10. The molecule has 0 amide bonds. The molecule has 1 N–H and O–H groups in total. The minimum atomic E-state index is 0. The zero-order chi connectivity index (χ0) is 8.32.